The van der Waals surface area contributed by atoms with E-state index in [9.17, 15) is 9.18 Å². The minimum absolute atomic E-state index is 0.0781. The fourth-order valence-electron chi connectivity index (χ4n) is 1.48. The van der Waals surface area contributed by atoms with E-state index in [1.807, 2.05) is 6.92 Å². The molecule has 20 heavy (non-hydrogen) atoms. The first kappa shape index (κ1) is 14.4. The molecule has 0 bridgehead atoms. The average Bonchev–Trinajstić information content (AvgIpc) is 2.91. The van der Waals surface area contributed by atoms with Gasteiger partial charge in [0, 0.05) is 6.54 Å². The molecule has 0 aliphatic heterocycles. The largest absolute Gasteiger partial charge is 0.355 e. The Morgan fingerprint density at radius 3 is 3.10 bits per heavy atom. The van der Waals surface area contributed by atoms with Crippen LogP contribution >= 0.6 is 11.8 Å². The number of aromatic nitrogens is 4. The van der Waals surface area contributed by atoms with Crippen molar-refractivity contribution in [2.45, 2.75) is 18.5 Å². The standard InChI is InChI=1S/C12H14FN5OS/c1-2-6-14-11(19)8-20-12-15-16-17-18(12)10-5-3-4-9(13)7-10/h3-5,7H,2,6,8H2,1H3,(H,14,19). The fourth-order valence-corrected chi connectivity index (χ4v) is 2.21. The number of amides is 1. The van der Waals surface area contributed by atoms with E-state index in [0.29, 0.717) is 17.4 Å². The van der Waals surface area contributed by atoms with Gasteiger partial charge in [0.15, 0.2) is 0 Å². The van der Waals surface area contributed by atoms with Crippen LogP contribution in [0.2, 0.25) is 0 Å². The molecule has 0 unspecified atom stereocenters. The van der Waals surface area contributed by atoms with Gasteiger partial charge in [0.25, 0.3) is 0 Å². The molecule has 1 aromatic carbocycles. The molecule has 8 heteroatoms. The van der Waals surface area contributed by atoms with Crippen molar-refractivity contribution < 1.29 is 9.18 Å². The van der Waals surface area contributed by atoms with Crippen molar-refractivity contribution in [2.24, 2.45) is 0 Å². The minimum atomic E-state index is -0.366. The second-order valence-corrected chi connectivity index (χ2v) is 4.93. The number of rotatable bonds is 6. The maximum absolute atomic E-state index is 13.2. The second-order valence-electron chi connectivity index (χ2n) is 3.99. The van der Waals surface area contributed by atoms with E-state index in [4.69, 9.17) is 0 Å². The van der Waals surface area contributed by atoms with Gasteiger partial charge < -0.3 is 5.32 Å². The lowest BCUT2D eigenvalue weighted by molar-refractivity contribution is -0.118. The summed E-state index contributed by atoms with van der Waals surface area (Å²) in [5.41, 5.74) is 0.520. The summed E-state index contributed by atoms with van der Waals surface area (Å²) >= 11 is 1.21. The Balaban J connectivity index is 2.04. The van der Waals surface area contributed by atoms with Crippen LogP contribution in [0.15, 0.2) is 29.4 Å². The van der Waals surface area contributed by atoms with Gasteiger partial charge in [0.2, 0.25) is 11.1 Å². The topological polar surface area (TPSA) is 72.7 Å². The molecule has 1 heterocycles. The second kappa shape index (κ2) is 6.99. The highest BCUT2D eigenvalue weighted by Gasteiger charge is 2.11. The van der Waals surface area contributed by atoms with Crippen molar-refractivity contribution >= 4 is 17.7 Å². The molecule has 1 amide bonds. The molecule has 0 aliphatic carbocycles. The zero-order valence-electron chi connectivity index (χ0n) is 10.9. The number of tetrazole rings is 1. The minimum Gasteiger partial charge on any atom is -0.355 e. The number of nitrogens with zero attached hydrogens (tertiary/aromatic N) is 4. The quantitative estimate of drug-likeness (QED) is 0.816. The van der Waals surface area contributed by atoms with E-state index >= 15 is 0 Å². The number of halogens is 1. The molecular weight excluding hydrogens is 281 g/mol. The van der Waals surface area contributed by atoms with Gasteiger partial charge in [-0.05, 0) is 35.0 Å². The first-order valence-corrected chi connectivity index (χ1v) is 7.13. The van der Waals surface area contributed by atoms with Crippen LogP contribution in [0.4, 0.5) is 4.39 Å². The Hall–Kier alpha value is -1.96. The molecule has 0 fully saturated rings. The number of hydrogen-bond acceptors (Lipinski definition) is 5. The lowest BCUT2D eigenvalue weighted by atomic mass is 10.3. The van der Waals surface area contributed by atoms with Gasteiger partial charge in [-0.3, -0.25) is 4.79 Å². The highest BCUT2D eigenvalue weighted by molar-refractivity contribution is 7.99. The van der Waals surface area contributed by atoms with Crippen molar-refractivity contribution in [1.82, 2.24) is 25.5 Å². The van der Waals surface area contributed by atoms with E-state index in [1.54, 1.807) is 12.1 Å². The van der Waals surface area contributed by atoms with Crippen LogP contribution in [-0.4, -0.2) is 38.4 Å². The van der Waals surface area contributed by atoms with E-state index in [-0.39, 0.29) is 17.5 Å². The third-order valence-electron chi connectivity index (χ3n) is 2.40. The molecule has 6 nitrogen and oxygen atoms in total. The molecule has 0 aliphatic rings. The van der Waals surface area contributed by atoms with Crippen LogP contribution in [0, 0.1) is 5.82 Å². The van der Waals surface area contributed by atoms with Crippen LogP contribution in [-0.2, 0) is 4.79 Å². The van der Waals surface area contributed by atoms with Gasteiger partial charge in [-0.15, -0.1) is 5.10 Å². The number of thioether (sulfide) groups is 1. The van der Waals surface area contributed by atoms with E-state index in [1.165, 1.54) is 28.6 Å². The maximum atomic E-state index is 13.2. The Labute approximate surface area is 119 Å². The zero-order chi connectivity index (χ0) is 14.4. The number of nitrogens with one attached hydrogen (secondary N) is 1. The number of benzene rings is 1. The SMILES string of the molecule is CCCNC(=O)CSc1nnnn1-c1cccc(F)c1. The van der Waals surface area contributed by atoms with Crippen LogP contribution < -0.4 is 5.32 Å². The summed E-state index contributed by atoms with van der Waals surface area (Å²) in [7, 11) is 0. The Kier molecular flexibility index (Phi) is 5.05. The number of carbonyl (C=O) groups excluding carboxylic acids is 1. The van der Waals surface area contributed by atoms with Gasteiger partial charge in [0.1, 0.15) is 5.82 Å². The van der Waals surface area contributed by atoms with E-state index < -0.39 is 0 Å². The molecule has 0 saturated carbocycles. The third kappa shape index (κ3) is 3.77. The molecule has 2 aromatic rings. The number of carbonyl (C=O) groups is 1. The van der Waals surface area contributed by atoms with Crippen LogP contribution in [0.5, 0.6) is 0 Å². The Bertz CT molecular complexity index is 589. The predicted octanol–water partition coefficient (Wildman–Crippen LogP) is 1.42. The normalized spacial score (nSPS) is 10.5. The van der Waals surface area contributed by atoms with Crippen molar-refractivity contribution in [3.05, 3.63) is 30.1 Å². The summed E-state index contributed by atoms with van der Waals surface area (Å²) in [4.78, 5) is 11.5. The summed E-state index contributed by atoms with van der Waals surface area (Å²) in [6.07, 6.45) is 0.886. The molecule has 2 rings (SSSR count). The molecule has 0 radical (unpaired) electrons. The first-order valence-electron chi connectivity index (χ1n) is 6.14. The lowest BCUT2D eigenvalue weighted by Crippen LogP contribution is -2.25. The predicted molar refractivity (Wildman–Crippen MR) is 73.1 cm³/mol. The Morgan fingerprint density at radius 2 is 2.35 bits per heavy atom. The third-order valence-corrected chi connectivity index (χ3v) is 3.32. The van der Waals surface area contributed by atoms with Crippen molar-refractivity contribution in [1.29, 1.82) is 0 Å². The smallest absolute Gasteiger partial charge is 0.230 e. The molecule has 0 spiro atoms. The van der Waals surface area contributed by atoms with Gasteiger partial charge >= 0.3 is 0 Å². The van der Waals surface area contributed by atoms with Crippen molar-refractivity contribution in [2.75, 3.05) is 12.3 Å². The van der Waals surface area contributed by atoms with Gasteiger partial charge in [-0.2, -0.15) is 4.68 Å². The highest BCUT2D eigenvalue weighted by Crippen LogP contribution is 2.18. The summed E-state index contributed by atoms with van der Waals surface area (Å²) in [5.74, 6) is -0.226. The summed E-state index contributed by atoms with van der Waals surface area (Å²) in [6, 6.07) is 5.95. The van der Waals surface area contributed by atoms with Crippen molar-refractivity contribution in [3.63, 3.8) is 0 Å². The summed E-state index contributed by atoms with van der Waals surface area (Å²) < 4.78 is 14.6. The maximum Gasteiger partial charge on any atom is 0.230 e. The molecular formula is C12H14FN5OS. The van der Waals surface area contributed by atoms with Crippen molar-refractivity contribution in [3.8, 4) is 5.69 Å². The van der Waals surface area contributed by atoms with Gasteiger partial charge in [-0.1, -0.05) is 24.8 Å². The molecule has 0 saturated heterocycles. The van der Waals surface area contributed by atoms with Crippen LogP contribution in [0.1, 0.15) is 13.3 Å². The molecule has 1 aromatic heterocycles. The Morgan fingerprint density at radius 1 is 1.50 bits per heavy atom. The van der Waals surface area contributed by atoms with Crippen LogP contribution in [0.3, 0.4) is 0 Å². The van der Waals surface area contributed by atoms with Crippen LogP contribution in [0.25, 0.3) is 5.69 Å². The molecule has 1 N–H and O–H groups in total. The summed E-state index contributed by atoms with van der Waals surface area (Å²) in [5, 5.41) is 14.4. The van der Waals surface area contributed by atoms with E-state index in [2.05, 4.69) is 20.8 Å². The number of hydrogen-bond donors (Lipinski definition) is 1. The first-order chi connectivity index (χ1) is 9.70. The molecule has 106 valence electrons. The lowest BCUT2D eigenvalue weighted by Gasteiger charge is -2.05. The molecule has 0 atom stereocenters. The average molecular weight is 295 g/mol. The summed E-state index contributed by atoms with van der Waals surface area (Å²) in [6.45, 7) is 2.63. The fraction of sp³-hybridized carbons (Fsp3) is 0.333. The monoisotopic (exact) mass is 295 g/mol. The van der Waals surface area contributed by atoms with Gasteiger partial charge in [-0.25, -0.2) is 4.39 Å². The van der Waals surface area contributed by atoms with Gasteiger partial charge in [0.05, 0.1) is 11.4 Å². The zero-order valence-corrected chi connectivity index (χ0v) is 11.7. The van der Waals surface area contributed by atoms with E-state index in [0.717, 1.165) is 6.42 Å². The highest BCUT2D eigenvalue weighted by atomic mass is 32.2.